The van der Waals surface area contributed by atoms with Crippen LogP contribution in [-0.2, 0) is 23.9 Å². The summed E-state index contributed by atoms with van der Waals surface area (Å²) in [7, 11) is 0. The van der Waals surface area contributed by atoms with Gasteiger partial charge in [0.05, 0.1) is 0 Å². The zero-order valence-corrected chi connectivity index (χ0v) is 11.0. The minimum absolute atomic E-state index is 0.225. The first-order valence-corrected chi connectivity index (χ1v) is 5.74. The van der Waals surface area contributed by atoms with E-state index in [4.69, 9.17) is 5.11 Å². The number of ether oxygens (including phenoxy) is 1. The predicted octanol–water partition coefficient (Wildman–Crippen LogP) is 0.967. The molecule has 0 saturated heterocycles. The lowest BCUT2D eigenvalue weighted by Gasteiger charge is -2.25. The van der Waals surface area contributed by atoms with Gasteiger partial charge < -0.3 is 9.84 Å². The lowest BCUT2D eigenvalue weighted by atomic mass is 9.95. The maximum Gasteiger partial charge on any atom is 0.376 e. The lowest BCUT2D eigenvalue weighted by Crippen LogP contribution is -2.50. The number of hydrogen-bond donors (Lipinski definition) is 1. The molecule has 0 amide bonds. The summed E-state index contributed by atoms with van der Waals surface area (Å²) in [4.78, 5) is 45.5. The van der Waals surface area contributed by atoms with E-state index in [0.29, 0.717) is 6.42 Å². The van der Waals surface area contributed by atoms with Crippen LogP contribution in [0.2, 0.25) is 0 Å². The predicted molar refractivity (Wildman–Crippen MR) is 61.9 cm³/mol. The third kappa shape index (κ3) is 3.15. The first-order valence-electron chi connectivity index (χ1n) is 5.74. The van der Waals surface area contributed by atoms with Crippen molar-refractivity contribution in [3.8, 4) is 0 Å². The third-order valence-corrected chi connectivity index (χ3v) is 2.94. The molecule has 0 aliphatic rings. The zero-order valence-electron chi connectivity index (χ0n) is 11.0. The van der Waals surface area contributed by atoms with Crippen molar-refractivity contribution in [2.75, 3.05) is 0 Å². The van der Waals surface area contributed by atoms with Gasteiger partial charge in [0.1, 0.15) is 0 Å². The maximum atomic E-state index is 11.5. The van der Waals surface area contributed by atoms with Gasteiger partial charge in [-0.05, 0) is 13.3 Å². The van der Waals surface area contributed by atoms with Crippen LogP contribution in [0.1, 0.15) is 40.5 Å². The number of ketones is 2. The fourth-order valence-electron chi connectivity index (χ4n) is 1.33. The summed E-state index contributed by atoms with van der Waals surface area (Å²) >= 11 is 0. The van der Waals surface area contributed by atoms with Crippen molar-refractivity contribution in [3.05, 3.63) is 0 Å². The van der Waals surface area contributed by atoms with E-state index in [0.717, 1.165) is 6.92 Å². The van der Waals surface area contributed by atoms with E-state index in [1.807, 2.05) is 0 Å². The molecule has 6 heteroatoms. The molecular weight excluding hydrogens is 240 g/mol. The number of carboxylic acids is 1. The average Bonchev–Trinajstić information content (AvgIpc) is 2.32. The minimum atomic E-state index is -2.26. The summed E-state index contributed by atoms with van der Waals surface area (Å²) in [5, 5.41) is 9.01. The number of Topliss-reactive ketones (excluding diaryl/α,β-unsaturated/α-hetero) is 2. The van der Waals surface area contributed by atoms with Crippen LogP contribution in [0.5, 0.6) is 0 Å². The molecule has 0 aromatic heterocycles. The molecule has 0 fully saturated rings. The Bertz CT molecular complexity index is 357. The molecule has 0 radical (unpaired) electrons. The molecule has 6 nitrogen and oxygen atoms in total. The van der Waals surface area contributed by atoms with Gasteiger partial charge in [0.15, 0.2) is 5.78 Å². The van der Waals surface area contributed by atoms with Gasteiger partial charge >= 0.3 is 11.9 Å². The van der Waals surface area contributed by atoms with Crippen LogP contribution in [0, 0.1) is 5.92 Å². The average molecular weight is 258 g/mol. The fraction of sp³-hybridized carbons (Fsp3) is 0.667. The molecule has 18 heavy (non-hydrogen) atoms. The van der Waals surface area contributed by atoms with Crippen LogP contribution in [0.25, 0.3) is 0 Å². The van der Waals surface area contributed by atoms with Gasteiger partial charge in [0.2, 0.25) is 5.78 Å². The normalized spacial score (nSPS) is 15.3. The molecular formula is C12H18O6. The van der Waals surface area contributed by atoms with Crippen LogP contribution in [-0.4, -0.2) is 34.2 Å². The molecule has 1 N–H and O–H groups in total. The van der Waals surface area contributed by atoms with Crippen molar-refractivity contribution >= 4 is 23.5 Å². The van der Waals surface area contributed by atoms with E-state index < -0.39 is 35.0 Å². The monoisotopic (exact) mass is 258 g/mol. The second-order valence-electron chi connectivity index (χ2n) is 4.10. The first-order chi connectivity index (χ1) is 8.22. The number of hydrogen-bond acceptors (Lipinski definition) is 5. The molecule has 0 aromatic carbocycles. The molecule has 0 aliphatic heterocycles. The summed E-state index contributed by atoms with van der Waals surface area (Å²) < 4.78 is 4.66. The summed E-state index contributed by atoms with van der Waals surface area (Å²) in [6, 6.07) is 0. The molecule has 2 unspecified atom stereocenters. The Morgan fingerprint density at radius 2 is 1.72 bits per heavy atom. The molecule has 0 rings (SSSR count). The standard InChI is InChI=1S/C12H18O6/c1-5-7(3)9(14)10(15)18-12(6-2,8(4)13)11(16)17/h7H,5-6H2,1-4H3,(H,16,17). The third-order valence-electron chi connectivity index (χ3n) is 2.94. The SMILES string of the molecule is CCC(C)C(=O)C(=O)OC(CC)(C(C)=O)C(=O)O. The topological polar surface area (TPSA) is 97.7 Å². The van der Waals surface area contributed by atoms with Crippen LogP contribution >= 0.6 is 0 Å². The largest absolute Gasteiger partial charge is 0.478 e. The fourth-order valence-corrected chi connectivity index (χ4v) is 1.33. The Morgan fingerprint density at radius 3 is 2.00 bits per heavy atom. The van der Waals surface area contributed by atoms with Gasteiger partial charge in [-0.25, -0.2) is 9.59 Å². The van der Waals surface area contributed by atoms with Gasteiger partial charge in [-0.3, -0.25) is 9.59 Å². The highest BCUT2D eigenvalue weighted by Crippen LogP contribution is 2.19. The van der Waals surface area contributed by atoms with Crippen molar-refractivity contribution in [1.82, 2.24) is 0 Å². The highest BCUT2D eigenvalue weighted by atomic mass is 16.6. The van der Waals surface area contributed by atoms with E-state index in [9.17, 15) is 19.2 Å². The van der Waals surface area contributed by atoms with Crippen molar-refractivity contribution in [2.45, 2.75) is 46.1 Å². The lowest BCUT2D eigenvalue weighted by molar-refractivity contribution is -0.183. The summed E-state index contributed by atoms with van der Waals surface area (Å²) in [6.07, 6.45) is 0.206. The van der Waals surface area contributed by atoms with E-state index in [2.05, 4.69) is 4.74 Å². The van der Waals surface area contributed by atoms with E-state index >= 15 is 0 Å². The maximum absolute atomic E-state index is 11.5. The second-order valence-corrected chi connectivity index (χ2v) is 4.10. The Balaban J connectivity index is 5.14. The number of carboxylic acid groups (broad SMARTS) is 1. The Hall–Kier alpha value is -1.72. The number of carbonyl (C=O) groups is 4. The van der Waals surface area contributed by atoms with Gasteiger partial charge in [-0.2, -0.15) is 0 Å². The van der Waals surface area contributed by atoms with Crippen molar-refractivity contribution < 1.29 is 29.0 Å². The molecule has 0 spiro atoms. The smallest absolute Gasteiger partial charge is 0.376 e. The molecule has 0 saturated carbocycles. The van der Waals surface area contributed by atoms with Crippen LogP contribution in [0.15, 0.2) is 0 Å². The number of esters is 1. The Labute approximate surface area is 105 Å². The van der Waals surface area contributed by atoms with Gasteiger partial charge in [0.25, 0.3) is 5.60 Å². The molecule has 0 heterocycles. The van der Waals surface area contributed by atoms with E-state index in [-0.39, 0.29) is 6.42 Å². The molecule has 2 atom stereocenters. The summed E-state index contributed by atoms with van der Waals surface area (Å²) in [6.45, 7) is 5.66. The quantitative estimate of drug-likeness (QED) is 0.415. The van der Waals surface area contributed by atoms with Gasteiger partial charge in [-0.15, -0.1) is 0 Å². The highest BCUT2D eigenvalue weighted by molar-refractivity contribution is 6.35. The first kappa shape index (κ1) is 16.3. The van der Waals surface area contributed by atoms with Crippen molar-refractivity contribution in [2.24, 2.45) is 5.92 Å². The molecule has 0 aliphatic carbocycles. The van der Waals surface area contributed by atoms with Crippen LogP contribution in [0.3, 0.4) is 0 Å². The zero-order chi connectivity index (χ0) is 14.5. The number of aliphatic carboxylic acids is 1. The van der Waals surface area contributed by atoms with Crippen LogP contribution in [0.4, 0.5) is 0 Å². The number of rotatable bonds is 7. The summed E-state index contributed by atoms with van der Waals surface area (Å²) in [5.41, 5.74) is -2.26. The minimum Gasteiger partial charge on any atom is -0.478 e. The molecule has 0 bridgehead atoms. The van der Waals surface area contributed by atoms with Gasteiger partial charge in [0, 0.05) is 12.3 Å². The Kier molecular flexibility index (Phi) is 5.68. The van der Waals surface area contributed by atoms with Crippen LogP contribution < -0.4 is 0 Å². The van der Waals surface area contributed by atoms with E-state index in [1.165, 1.54) is 13.8 Å². The van der Waals surface area contributed by atoms with E-state index in [1.54, 1.807) is 6.92 Å². The molecule has 102 valence electrons. The summed E-state index contributed by atoms with van der Waals surface area (Å²) in [5.74, 6) is -5.04. The van der Waals surface area contributed by atoms with Gasteiger partial charge in [-0.1, -0.05) is 20.8 Å². The second kappa shape index (κ2) is 6.28. The van der Waals surface area contributed by atoms with Crippen molar-refractivity contribution in [1.29, 1.82) is 0 Å². The Morgan fingerprint density at radius 1 is 1.22 bits per heavy atom. The van der Waals surface area contributed by atoms with Crippen molar-refractivity contribution in [3.63, 3.8) is 0 Å². The molecule has 0 aromatic rings. The highest BCUT2D eigenvalue weighted by Gasteiger charge is 2.47. The number of carbonyl (C=O) groups excluding carboxylic acids is 3.